The lowest BCUT2D eigenvalue weighted by Gasteiger charge is -2.07. The van der Waals surface area contributed by atoms with E-state index in [1.807, 2.05) is 0 Å². The first-order valence-corrected chi connectivity index (χ1v) is 6.21. The van der Waals surface area contributed by atoms with Gasteiger partial charge < -0.3 is 11.1 Å². The summed E-state index contributed by atoms with van der Waals surface area (Å²) >= 11 is 9.08. The number of rotatable bonds is 2. The molecule has 0 bridgehead atoms. The zero-order valence-corrected chi connectivity index (χ0v) is 11.5. The quantitative estimate of drug-likeness (QED) is 0.889. The van der Waals surface area contributed by atoms with Crippen molar-refractivity contribution in [1.29, 1.82) is 0 Å². The van der Waals surface area contributed by atoms with Gasteiger partial charge in [0.15, 0.2) is 0 Å². The lowest BCUT2D eigenvalue weighted by molar-refractivity contribution is 0.102. The molecule has 1 heterocycles. The van der Waals surface area contributed by atoms with Crippen molar-refractivity contribution in [3.63, 3.8) is 0 Å². The molecule has 18 heavy (non-hydrogen) atoms. The fourth-order valence-corrected chi connectivity index (χ4v) is 1.92. The van der Waals surface area contributed by atoms with Crippen LogP contribution in [-0.2, 0) is 0 Å². The molecule has 0 aliphatic heterocycles. The van der Waals surface area contributed by atoms with Gasteiger partial charge in [0, 0.05) is 21.4 Å². The number of carbonyl (C=O) groups excluding carboxylic acids is 1. The first-order chi connectivity index (χ1) is 8.56. The molecule has 3 N–H and O–H groups in total. The molecule has 0 unspecified atom stereocenters. The first kappa shape index (κ1) is 12.9. The summed E-state index contributed by atoms with van der Waals surface area (Å²) in [5.41, 5.74) is 6.57. The van der Waals surface area contributed by atoms with Gasteiger partial charge in [-0.1, -0.05) is 17.7 Å². The van der Waals surface area contributed by atoms with Gasteiger partial charge in [-0.3, -0.25) is 4.79 Å². The zero-order valence-electron chi connectivity index (χ0n) is 9.15. The molecule has 0 atom stereocenters. The Morgan fingerprint density at radius 3 is 2.89 bits per heavy atom. The molecule has 4 nitrogen and oxygen atoms in total. The number of pyridine rings is 1. The molecule has 1 aromatic heterocycles. The van der Waals surface area contributed by atoms with E-state index in [1.54, 1.807) is 30.3 Å². The van der Waals surface area contributed by atoms with Crippen molar-refractivity contribution in [3.8, 4) is 0 Å². The standard InChI is InChI=1S/C12H9BrClN3O/c13-7-4-10(11(15)16-6-7)12(18)17-9-3-1-2-8(14)5-9/h1-6H,(H2,15,16)(H,17,18). The van der Waals surface area contributed by atoms with Crippen LogP contribution in [0.4, 0.5) is 11.5 Å². The number of aromatic nitrogens is 1. The third-order valence-corrected chi connectivity index (χ3v) is 2.88. The Morgan fingerprint density at radius 1 is 1.39 bits per heavy atom. The highest BCUT2D eigenvalue weighted by Crippen LogP contribution is 2.19. The minimum Gasteiger partial charge on any atom is -0.383 e. The molecule has 2 aromatic rings. The summed E-state index contributed by atoms with van der Waals surface area (Å²) in [5, 5.41) is 3.25. The van der Waals surface area contributed by atoms with Gasteiger partial charge in [-0.15, -0.1) is 0 Å². The molecule has 1 aromatic carbocycles. The molecule has 0 aliphatic rings. The summed E-state index contributed by atoms with van der Waals surface area (Å²) in [4.78, 5) is 15.9. The third kappa shape index (κ3) is 3.00. The van der Waals surface area contributed by atoms with Crippen LogP contribution >= 0.6 is 27.5 Å². The Bertz CT molecular complexity index is 604. The summed E-state index contributed by atoms with van der Waals surface area (Å²) in [7, 11) is 0. The topological polar surface area (TPSA) is 68.0 Å². The highest BCUT2D eigenvalue weighted by atomic mass is 79.9. The van der Waals surface area contributed by atoms with Gasteiger partial charge in [0.05, 0.1) is 5.56 Å². The fourth-order valence-electron chi connectivity index (χ4n) is 1.40. The van der Waals surface area contributed by atoms with Gasteiger partial charge in [0.2, 0.25) is 0 Å². The number of nitrogens with two attached hydrogens (primary N) is 1. The van der Waals surface area contributed by atoms with E-state index in [2.05, 4.69) is 26.2 Å². The van der Waals surface area contributed by atoms with Crippen LogP contribution in [0.5, 0.6) is 0 Å². The number of amides is 1. The minimum atomic E-state index is -0.330. The lowest BCUT2D eigenvalue weighted by Crippen LogP contribution is -2.14. The maximum Gasteiger partial charge on any atom is 0.259 e. The van der Waals surface area contributed by atoms with E-state index < -0.39 is 0 Å². The summed E-state index contributed by atoms with van der Waals surface area (Å²) < 4.78 is 0.688. The number of halogens is 2. The van der Waals surface area contributed by atoms with E-state index >= 15 is 0 Å². The lowest BCUT2D eigenvalue weighted by atomic mass is 10.2. The second kappa shape index (κ2) is 5.37. The van der Waals surface area contributed by atoms with Crippen molar-refractivity contribution < 1.29 is 4.79 Å². The molecule has 0 fully saturated rings. The molecule has 0 saturated carbocycles. The molecule has 6 heteroatoms. The summed E-state index contributed by atoms with van der Waals surface area (Å²) in [6, 6.07) is 8.49. The maximum absolute atomic E-state index is 12.0. The summed E-state index contributed by atoms with van der Waals surface area (Å²) in [6.07, 6.45) is 1.53. The van der Waals surface area contributed by atoms with E-state index in [-0.39, 0.29) is 11.7 Å². The van der Waals surface area contributed by atoms with Crippen LogP contribution in [0.3, 0.4) is 0 Å². The molecule has 0 radical (unpaired) electrons. The third-order valence-electron chi connectivity index (χ3n) is 2.21. The van der Waals surface area contributed by atoms with Gasteiger partial charge in [-0.2, -0.15) is 0 Å². The van der Waals surface area contributed by atoms with Crippen molar-refractivity contribution in [2.75, 3.05) is 11.1 Å². The predicted molar refractivity (Wildman–Crippen MR) is 75.8 cm³/mol. The number of hydrogen-bond donors (Lipinski definition) is 2. The van der Waals surface area contributed by atoms with Crippen LogP contribution in [0.2, 0.25) is 5.02 Å². The molecule has 1 amide bonds. The van der Waals surface area contributed by atoms with E-state index in [9.17, 15) is 4.79 Å². The van der Waals surface area contributed by atoms with E-state index in [0.717, 1.165) is 0 Å². The molecule has 2 rings (SSSR count). The average Bonchev–Trinajstić information content (AvgIpc) is 2.32. The van der Waals surface area contributed by atoms with E-state index in [0.29, 0.717) is 20.7 Å². The van der Waals surface area contributed by atoms with Crippen LogP contribution in [0, 0.1) is 0 Å². The van der Waals surface area contributed by atoms with Gasteiger partial charge in [0.25, 0.3) is 5.91 Å². The number of benzene rings is 1. The Kier molecular flexibility index (Phi) is 3.84. The second-order valence-corrected chi connectivity index (χ2v) is 4.90. The fraction of sp³-hybridized carbons (Fsp3) is 0. The van der Waals surface area contributed by atoms with Gasteiger partial charge in [-0.25, -0.2) is 4.98 Å². The number of nitrogens with one attached hydrogen (secondary N) is 1. The number of nitrogen functional groups attached to an aromatic ring is 1. The van der Waals surface area contributed by atoms with Crippen LogP contribution in [-0.4, -0.2) is 10.9 Å². The molecule has 0 spiro atoms. The monoisotopic (exact) mass is 325 g/mol. The Morgan fingerprint density at radius 2 is 2.17 bits per heavy atom. The van der Waals surface area contributed by atoms with Crippen LogP contribution in [0.25, 0.3) is 0 Å². The molecular weight excluding hydrogens is 318 g/mol. The largest absolute Gasteiger partial charge is 0.383 e. The number of anilines is 2. The van der Waals surface area contributed by atoms with E-state index in [4.69, 9.17) is 17.3 Å². The maximum atomic E-state index is 12.0. The van der Waals surface area contributed by atoms with E-state index in [1.165, 1.54) is 6.20 Å². The van der Waals surface area contributed by atoms with Crippen molar-refractivity contribution in [1.82, 2.24) is 4.98 Å². The van der Waals surface area contributed by atoms with Crippen LogP contribution in [0.1, 0.15) is 10.4 Å². The molecular formula is C12H9BrClN3O. The Balaban J connectivity index is 2.24. The normalized spacial score (nSPS) is 10.1. The second-order valence-electron chi connectivity index (χ2n) is 3.55. The predicted octanol–water partition coefficient (Wildman–Crippen LogP) is 3.33. The summed E-state index contributed by atoms with van der Waals surface area (Å²) in [6.45, 7) is 0. The number of carbonyl (C=O) groups is 1. The Hall–Kier alpha value is -1.59. The molecule has 0 saturated heterocycles. The number of hydrogen-bond acceptors (Lipinski definition) is 3. The first-order valence-electron chi connectivity index (χ1n) is 5.04. The van der Waals surface area contributed by atoms with Crippen LogP contribution in [0.15, 0.2) is 41.0 Å². The van der Waals surface area contributed by atoms with Crippen molar-refractivity contribution in [3.05, 3.63) is 51.6 Å². The van der Waals surface area contributed by atoms with Gasteiger partial charge in [-0.05, 0) is 40.2 Å². The van der Waals surface area contributed by atoms with Crippen molar-refractivity contribution in [2.24, 2.45) is 0 Å². The van der Waals surface area contributed by atoms with Crippen LogP contribution < -0.4 is 11.1 Å². The minimum absolute atomic E-state index is 0.178. The van der Waals surface area contributed by atoms with Gasteiger partial charge in [0.1, 0.15) is 5.82 Å². The highest BCUT2D eigenvalue weighted by Gasteiger charge is 2.11. The number of nitrogens with zero attached hydrogens (tertiary/aromatic N) is 1. The molecule has 92 valence electrons. The highest BCUT2D eigenvalue weighted by molar-refractivity contribution is 9.10. The smallest absolute Gasteiger partial charge is 0.259 e. The van der Waals surface area contributed by atoms with Crippen molar-refractivity contribution in [2.45, 2.75) is 0 Å². The SMILES string of the molecule is Nc1ncc(Br)cc1C(=O)Nc1cccc(Cl)c1. The zero-order chi connectivity index (χ0) is 13.1. The van der Waals surface area contributed by atoms with Crippen molar-refractivity contribution >= 4 is 44.9 Å². The van der Waals surface area contributed by atoms with Gasteiger partial charge >= 0.3 is 0 Å². The Labute approximate surface area is 117 Å². The average molecular weight is 327 g/mol. The summed E-state index contributed by atoms with van der Waals surface area (Å²) in [5.74, 6) is -0.152. The molecule has 0 aliphatic carbocycles.